The molecular formula is C27H37N3O5S. The maximum absolute atomic E-state index is 13.7. The third-order valence-corrected chi connectivity index (χ3v) is 7.75. The predicted octanol–water partition coefficient (Wildman–Crippen LogP) is 3.64. The number of ether oxygens (including phenoxy) is 1. The lowest BCUT2D eigenvalue weighted by atomic mass is 9.95. The van der Waals surface area contributed by atoms with Crippen LogP contribution in [0.3, 0.4) is 0 Å². The molecule has 2 aromatic carbocycles. The van der Waals surface area contributed by atoms with Crippen molar-refractivity contribution >= 4 is 27.5 Å². The van der Waals surface area contributed by atoms with E-state index in [1.165, 1.54) is 18.4 Å². The van der Waals surface area contributed by atoms with E-state index >= 15 is 0 Å². The Balaban J connectivity index is 1.89. The zero-order valence-electron chi connectivity index (χ0n) is 21.6. The molecule has 0 spiro atoms. The van der Waals surface area contributed by atoms with Crippen molar-refractivity contribution in [1.82, 2.24) is 10.2 Å². The van der Waals surface area contributed by atoms with E-state index in [9.17, 15) is 18.0 Å². The number of benzene rings is 2. The first kappa shape index (κ1) is 27.5. The SMILES string of the molecule is COc1ccccc1N(CC(=O)N(Cc1ccc(C)cc1)[C@H](C)C(=O)NC1CCCCC1)S(C)(=O)=O. The first-order valence-electron chi connectivity index (χ1n) is 12.4. The molecule has 0 aliphatic heterocycles. The largest absolute Gasteiger partial charge is 0.495 e. The summed E-state index contributed by atoms with van der Waals surface area (Å²) in [6.07, 6.45) is 6.24. The number of anilines is 1. The highest BCUT2D eigenvalue weighted by atomic mass is 32.2. The van der Waals surface area contributed by atoms with Crippen molar-refractivity contribution in [2.24, 2.45) is 0 Å². The molecule has 9 heteroatoms. The van der Waals surface area contributed by atoms with Crippen molar-refractivity contribution in [2.75, 3.05) is 24.2 Å². The third kappa shape index (κ3) is 7.22. The zero-order valence-corrected chi connectivity index (χ0v) is 22.4. The average molecular weight is 516 g/mol. The lowest BCUT2D eigenvalue weighted by Crippen LogP contribution is -2.53. The highest BCUT2D eigenvalue weighted by molar-refractivity contribution is 7.92. The molecule has 3 rings (SSSR count). The van der Waals surface area contributed by atoms with Crippen molar-refractivity contribution in [3.63, 3.8) is 0 Å². The van der Waals surface area contributed by atoms with Gasteiger partial charge in [0.05, 0.1) is 19.1 Å². The van der Waals surface area contributed by atoms with Gasteiger partial charge in [-0.3, -0.25) is 13.9 Å². The van der Waals surface area contributed by atoms with Crippen LogP contribution in [0.25, 0.3) is 0 Å². The Morgan fingerprint density at radius 3 is 2.31 bits per heavy atom. The number of hydrogen-bond donors (Lipinski definition) is 1. The molecule has 0 radical (unpaired) electrons. The number of hydrogen-bond acceptors (Lipinski definition) is 5. The number of carbonyl (C=O) groups is 2. The molecule has 0 aromatic heterocycles. The van der Waals surface area contributed by atoms with Crippen molar-refractivity contribution < 1.29 is 22.7 Å². The van der Waals surface area contributed by atoms with Crippen LogP contribution in [0.15, 0.2) is 48.5 Å². The van der Waals surface area contributed by atoms with Crippen LogP contribution in [0, 0.1) is 6.92 Å². The molecule has 0 bridgehead atoms. The predicted molar refractivity (Wildman–Crippen MR) is 141 cm³/mol. The summed E-state index contributed by atoms with van der Waals surface area (Å²) in [5.74, 6) is -0.368. The first-order valence-corrected chi connectivity index (χ1v) is 14.2. The van der Waals surface area contributed by atoms with E-state index in [4.69, 9.17) is 4.74 Å². The molecule has 0 saturated heterocycles. The van der Waals surface area contributed by atoms with Gasteiger partial charge in [-0.2, -0.15) is 0 Å². The van der Waals surface area contributed by atoms with Crippen LogP contribution in [0.4, 0.5) is 5.69 Å². The summed E-state index contributed by atoms with van der Waals surface area (Å²) < 4.78 is 31.9. The summed E-state index contributed by atoms with van der Waals surface area (Å²) in [5.41, 5.74) is 2.21. The van der Waals surface area contributed by atoms with Gasteiger partial charge >= 0.3 is 0 Å². The normalized spacial score (nSPS) is 15.1. The molecule has 0 heterocycles. The molecule has 1 N–H and O–H groups in total. The number of para-hydroxylation sites is 2. The second kappa shape index (κ2) is 12.3. The monoisotopic (exact) mass is 515 g/mol. The number of aryl methyl sites for hydroxylation is 1. The van der Waals surface area contributed by atoms with Gasteiger partial charge < -0.3 is 15.0 Å². The summed E-state index contributed by atoms with van der Waals surface area (Å²) in [5, 5.41) is 3.10. The molecule has 1 aliphatic carbocycles. The second-order valence-electron chi connectivity index (χ2n) is 9.47. The van der Waals surface area contributed by atoms with Gasteiger partial charge in [0.25, 0.3) is 0 Å². The number of methoxy groups -OCH3 is 1. The van der Waals surface area contributed by atoms with Crippen molar-refractivity contribution in [2.45, 2.75) is 64.6 Å². The van der Waals surface area contributed by atoms with Gasteiger partial charge in [-0.1, -0.05) is 61.2 Å². The fourth-order valence-corrected chi connectivity index (χ4v) is 5.33. The molecule has 1 saturated carbocycles. The topological polar surface area (TPSA) is 96.0 Å². The number of sulfonamides is 1. The van der Waals surface area contributed by atoms with Crippen LogP contribution >= 0.6 is 0 Å². The molecule has 1 atom stereocenters. The van der Waals surface area contributed by atoms with Crippen LogP contribution in [0.5, 0.6) is 5.75 Å². The molecular weight excluding hydrogens is 478 g/mol. The maximum Gasteiger partial charge on any atom is 0.244 e. The summed E-state index contributed by atoms with van der Waals surface area (Å²) in [4.78, 5) is 28.3. The van der Waals surface area contributed by atoms with Crippen LogP contribution in [-0.2, 0) is 26.2 Å². The Hall–Kier alpha value is -3.07. The fraction of sp³-hybridized carbons (Fsp3) is 0.481. The molecule has 36 heavy (non-hydrogen) atoms. The van der Waals surface area contributed by atoms with Crippen LogP contribution in [0.1, 0.15) is 50.2 Å². The van der Waals surface area contributed by atoms with Crippen molar-refractivity contribution in [3.05, 3.63) is 59.7 Å². The second-order valence-corrected chi connectivity index (χ2v) is 11.4. The summed E-state index contributed by atoms with van der Waals surface area (Å²) >= 11 is 0. The Bertz CT molecular complexity index is 1140. The fourth-order valence-electron chi connectivity index (χ4n) is 4.47. The van der Waals surface area contributed by atoms with E-state index in [0.29, 0.717) is 5.75 Å². The Kier molecular flexibility index (Phi) is 9.37. The van der Waals surface area contributed by atoms with Crippen LogP contribution in [-0.4, -0.2) is 57.1 Å². The number of nitrogens with zero attached hydrogens (tertiary/aromatic N) is 2. The standard InChI is InChI=1S/C27H37N3O5S/c1-20-14-16-22(17-15-20)18-29(21(2)27(32)28-23-10-6-5-7-11-23)26(31)19-30(36(4,33)34)24-12-8-9-13-25(24)35-3/h8-9,12-17,21,23H,5-7,10-11,18-19H2,1-4H3,(H,28,32)/t21-/m1/s1. The van der Waals surface area contributed by atoms with E-state index < -0.39 is 28.5 Å². The van der Waals surface area contributed by atoms with Gasteiger partial charge in [0.1, 0.15) is 18.3 Å². The summed E-state index contributed by atoms with van der Waals surface area (Å²) in [6.45, 7) is 3.40. The maximum atomic E-state index is 13.7. The molecule has 196 valence electrons. The van der Waals surface area contributed by atoms with Crippen LogP contribution in [0.2, 0.25) is 0 Å². The first-order chi connectivity index (χ1) is 17.1. The van der Waals surface area contributed by atoms with E-state index in [1.807, 2.05) is 31.2 Å². The van der Waals surface area contributed by atoms with E-state index in [1.54, 1.807) is 31.2 Å². The van der Waals surface area contributed by atoms with Gasteiger partial charge in [-0.05, 0) is 44.4 Å². The van der Waals surface area contributed by atoms with Gasteiger partial charge in [0, 0.05) is 12.6 Å². The molecule has 1 fully saturated rings. The van der Waals surface area contributed by atoms with Gasteiger partial charge in [-0.25, -0.2) is 8.42 Å². The minimum absolute atomic E-state index is 0.103. The van der Waals surface area contributed by atoms with E-state index in [2.05, 4.69) is 5.32 Å². The number of amides is 2. The minimum atomic E-state index is -3.82. The molecule has 0 unspecified atom stereocenters. The van der Waals surface area contributed by atoms with Crippen molar-refractivity contribution in [1.29, 1.82) is 0 Å². The summed E-state index contributed by atoms with van der Waals surface area (Å²) in [6, 6.07) is 13.7. The Labute approximate surface area is 214 Å². The highest BCUT2D eigenvalue weighted by Crippen LogP contribution is 2.29. The third-order valence-electron chi connectivity index (χ3n) is 6.63. The smallest absolute Gasteiger partial charge is 0.244 e. The molecule has 2 aromatic rings. The highest BCUT2D eigenvalue weighted by Gasteiger charge is 2.32. The number of rotatable bonds is 10. The molecule has 2 amide bonds. The van der Waals surface area contributed by atoms with Crippen LogP contribution < -0.4 is 14.4 Å². The number of carbonyl (C=O) groups excluding carboxylic acids is 2. The zero-order chi connectivity index (χ0) is 26.3. The lowest BCUT2D eigenvalue weighted by molar-refractivity contribution is -0.139. The van der Waals surface area contributed by atoms with Crippen molar-refractivity contribution in [3.8, 4) is 5.75 Å². The molecule has 1 aliphatic rings. The van der Waals surface area contributed by atoms with Gasteiger partial charge in [0.15, 0.2) is 0 Å². The van der Waals surface area contributed by atoms with E-state index in [0.717, 1.165) is 47.4 Å². The average Bonchev–Trinajstić information content (AvgIpc) is 2.86. The summed E-state index contributed by atoms with van der Waals surface area (Å²) in [7, 11) is -2.37. The Morgan fingerprint density at radius 1 is 1.06 bits per heavy atom. The van der Waals surface area contributed by atoms with E-state index in [-0.39, 0.29) is 24.2 Å². The van der Waals surface area contributed by atoms with Gasteiger partial charge in [0.2, 0.25) is 21.8 Å². The molecule has 8 nitrogen and oxygen atoms in total. The quantitative estimate of drug-likeness (QED) is 0.521. The minimum Gasteiger partial charge on any atom is -0.495 e. The van der Waals surface area contributed by atoms with Gasteiger partial charge in [-0.15, -0.1) is 0 Å². The number of nitrogens with one attached hydrogen (secondary N) is 1. The lowest BCUT2D eigenvalue weighted by Gasteiger charge is -2.33. The Morgan fingerprint density at radius 2 is 1.69 bits per heavy atom.